The molecule has 0 spiro atoms. The fourth-order valence-electron chi connectivity index (χ4n) is 1.70. The van der Waals surface area contributed by atoms with Crippen molar-refractivity contribution in [2.24, 2.45) is 0 Å². The molecule has 0 unspecified atom stereocenters. The zero-order valence-corrected chi connectivity index (χ0v) is 11.6. The van der Waals surface area contributed by atoms with Gasteiger partial charge in [0.2, 0.25) is 0 Å². The van der Waals surface area contributed by atoms with E-state index in [1.165, 1.54) is 0 Å². The third-order valence-corrected chi connectivity index (χ3v) is 3.00. The van der Waals surface area contributed by atoms with Crippen molar-refractivity contribution in [3.63, 3.8) is 0 Å². The lowest BCUT2D eigenvalue weighted by molar-refractivity contribution is 0.395. The van der Waals surface area contributed by atoms with Gasteiger partial charge >= 0.3 is 0 Å². The second-order valence-corrected chi connectivity index (χ2v) is 4.30. The third-order valence-electron chi connectivity index (χ3n) is 2.71. The maximum atomic E-state index is 6.11. The van der Waals surface area contributed by atoms with Crippen LogP contribution in [0.4, 0.5) is 5.69 Å². The summed E-state index contributed by atoms with van der Waals surface area (Å²) in [6.07, 6.45) is 3.52. The molecule has 19 heavy (non-hydrogen) atoms. The Labute approximate surface area is 117 Å². The molecular formula is C14H15ClN2O2. The van der Waals surface area contributed by atoms with E-state index in [-0.39, 0.29) is 0 Å². The van der Waals surface area contributed by atoms with Gasteiger partial charge < -0.3 is 14.8 Å². The SMILES string of the molecule is COc1cc(OC)c(NCc2ccncc2)cc1Cl. The summed E-state index contributed by atoms with van der Waals surface area (Å²) in [6, 6.07) is 7.45. The van der Waals surface area contributed by atoms with Crippen molar-refractivity contribution in [2.45, 2.75) is 6.54 Å². The molecule has 0 saturated carbocycles. The summed E-state index contributed by atoms with van der Waals surface area (Å²) in [6.45, 7) is 0.668. The molecule has 0 aliphatic heterocycles. The van der Waals surface area contributed by atoms with E-state index in [0.717, 1.165) is 11.3 Å². The van der Waals surface area contributed by atoms with Crippen LogP contribution < -0.4 is 14.8 Å². The van der Waals surface area contributed by atoms with E-state index in [4.69, 9.17) is 21.1 Å². The van der Waals surface area contributed by atoms with Gasteiger partial charge in [0, 0.05) is 25.0 Å². The van der Waals surface area contributed by atoms with Crippen LogP contribution in [0.2, 0.25) is 5.02 Å². The highest BCUT2D eigenvalue weighted by atomic mass is 35.5. The quantitative estimate of drug-likeness (QED) is 0.911. The Morgan fingerprint density at radius 1 is 1.11 bits per heavy atom. The van der Waals surface area contributed by atoms with Gasteiger partial charge in [0.15, 0.2) is 0 Å². The van der Waals surface area contributed by atoms with Crippen LogP contribution in [0.25, 0.3) is 0 Å². The molecule has 0 radical (unpaired) electrons. The second kappa shape index (κ2) is 6.29. The smallest absolute Gasteiger partial charge is 0.145 e. The number of benzene rings is 1. The summed E-state index contributed by atoms with van der Waals surface area (Å²) in [5, 5.41) is 3.82. The van der Waals surface area contributed by atoms with Crippen molar-refractivity contribution >= 4 is 17.3 Å². The largest absolute Gasteiger partial charge is 0.495 e. The number of hydrogen-bond acceptors (Lipinski definition) is 4. The minimum absolute atomic E-state index is 0.542. The monoisotopic (exact) mass is 278 g/mol. The first-order valence-electron chi connectivity index (χ1n) is 5.79. The van der Waals surface area contributed by atoms with Crippen LogP contribution in [0.5, 0.6) is 11.5 Å². The average Bonchev–Trinajstić information content (AvgIpc) is 2.46. The third kappa shape index (κ3) is 3.29. The summed E-state index contributed by atoms with van der Waals surface area (Å²) in [7, 11) is 3.19. The fraction of sp³-hybridized carbons (Fsp3) is 0.214. The van der Waals surface area contributed by atoms with Crippen LogP contribution in [-0.4, -0.2) is 19.2 Å². The Balaban J connectivity index is 2.18. The number of anilines is 1. The predicted octanol–water partition coefficient (Wildman–Crippen LogP) is 3.36. The maximum Gasteiger partial charge on any atom is 0.145 e. The molecule has 0 saturated heterocycles. The number of nitrogens with one attached hydrogen (secondary N) is 1. The molecule has 0 aliphatic rings. The van der Waals surface area contributed by atoms with Crippen molar-refractivity contribution in [3.8, 4) is 11.5 Å². The molecule has 100 valence electrons. The van der Waals surface area contributed by atoms with Gasteiger partial charge in [0.05, 0.1) is 24.9 Å². The summed E-state index contributed by atoms with van der Waals surface area (Å²) < 4.78 is 10.5. The molecule has 0 fully saturated rings. The molecule has 2 rings (SSSR count). The molecular weight excluding hydrogens is 264 g/mol. The van der Waals surface area contributed by atoms with Crippen LogP contribution in [-0.2, 0) is 6.54 Å². The number of halogens is 1. The Morgan fingerprint density at radius 2 is 1.79 bits per heavy atom. The van der Waals surface area contributed by atoms with Gasteiger partial charge in [0.1, 0.15) is 11.5 Å². The molecule has 5 heteroatoms. The topological polar surface area (TPSA) is 43.4 Å². The number of pyridine rings is 1. The molecule has 0 bridgehead atoms. The number of rotatable bonds is 5. The molecule has 0 atom stereocenters. The summed E-state index contributed by atoms with van der Waals surface area (Å²) >= 11 is 6.11. The van der Waals surface area contributed by atoms with E-state index in [9.17, 15) is 0 Å². The number of aromatic nitrogens is 1. The van der Waals surface area contributed by atoms with Gasteiger partial charge in [-0.3, -0.25) is 4.98 Å². The Hall–Kier alpha value is -1.94. The molecule has 1 aromatic heterocycles. The predicted molar refractivity (Wildman–Crippen MR) is 76.1 cm³/mol. The van der Waals surface area contributed by atoms with E-state index >= 15 is 0 Å². The van der Waals surface area contributed by atoms with E-state index < -0.39 is 0 Å². The maximum absolute atomic E-state index is 6.11. The summed E-state index contributed by atoms with van der Waals surface area (Å²) in [5.74, 6) is 1.28. The molecule has 2 aromatic rings. The first kappa shape index (κ1) is 13.5. The van der Waals surface area contributed by atoms with E-state index in [1.807, 2.05) is 12.1 Å². The van der Waals surface area contributed by atoms with Gasteiger partial charge in [-0.1, -0.05) is 11.6 Å². The van der Waals surface area contributed by atoms with Crippen molar-refractivity contribution < 1.29 is 9.47 Å². The van der Waals surface area contributed by atoms with Crippen LogP contribution in [0.15, 0.2) is 36.7 Å². The number of hydrogen-bond donors (Lipinski definition) is 1. The van der Waals surface area contributed by atoms with Gasteiger partial charge in [-0.2, -0.15) is 0 Å². The lowest BCUT2D eigenvalue weighted by atomic mass is 10.2. The van der Waals surface area contributed by atoms with Gasteiger partial charge in [-0.25, -0.2) is 0 Å². The number of methoxy groups -OCH3 is 2. The lowest BCUT2D eigenvalue weighted by Crippen LogP contribution is -2.02. The lowest BCUT2D eigenvalue weighted by Gasteiger charge is -2.13. The highest BCUT2D eigenvalue weighted by Gasteiger charge is 2.09. The first-order valence-corrected chi connectivity index (χ1v) is 6.16. The molecule has 1 aromatic carbocycles. The molecule has 4 nitrogen and oxygen atoms in total. The Bertz CT molecular complexity index is 547. The summed E-state index contributed by atoms with van der Waals surface area (Å²) in [5.41, 5.74) is 1.95. The molecule has 1 heterocycles. The van der Waals surface area contributed by atoms with Gasteiger partial charge in [-0.05, 0) is 23.8 Å². The first-order chi connectivity index (χ1) is 9.24. The number of ether oxygens (including phenoxy) is 2. The zero-order chi connectivity index (χ0) is 13.7. The van der Waals surface area contributed by atoms with Crippen molar-refractivity contribution in [1.82, 2.24) is 4.98 Å². The Morgan fingerprint density at radius 3 is 2.42 bits per heavy atom. The van der Waals surface area contributed by atoms with Crippen molar-refractivity contribution in [2.75, 3.05) is 19.5 Å². The zero-order valence-electron chi connectivity index (χ0n) is 10.8. The highest BCUT2D eigenvalue weighted by molar-refractivity contribution is 6.32. The molecule has 0 amide bonds. The van der Waals surface area contributed by atoms with Crippen LogP contribution in [0, 0.1) is 0 Å². The van der Waals surface area contributed by atoms with E-state index in [2.05, 4.69) is 10.3 Å². The molecule has 0 aliphatic carbocycles. The second-order valence-electron chi connectivity index (χ2n) is 3.90. The van der Waals surface area contributed by atoms with Crippen molar-refractivity contribution in [1.29, 1.82) is 0 Å². The number of nitrogens with zero attached hydrogens (tertiary/aromatic N) is 1. The van der Waals surface area contributed by atoms with Gasteiger partial charge in [-0.15, -0.1) is 0 Å². The van der Waals surface area contributed by atoms with Gasteiger partial charge in [0.25, 0.3) is 0 Å². The van der Waals surface area contributed by atoms with E-state index in [0.29, 0.717) is 23.1 Å². The standard InChI is InChI=1S/C14H15ClN2O2/c1-18-13-8-14(19-2)12(7-11(13)15)17-9-10-3-5-16-6-4-10/h3-8,17H,9H2,1-2H3. The van der Waals surface area contributed by atoms with Crippen LogP contribution >= 0.6 is 11.6 Å². The van der Waals surface area contributed by atoms with Crippen LogP contribution in [0.3, 0.4) is 0 Å². The highest BCUT2D eigenvalue weighted by Crippen LogP contribution is 2.35. The minimum Gasteiger partial charge on any atom is -0.495 e. The molecule has 1 N–H and O–H groups in total. The fourth-order valence-corrected chi connectivity index (χ4v) is 1.94. The summed E-state index contributed by atoms with van der Waals surface area (Å²) in [4.78, 5) is 3.98. The Kier molecular flexibility index (Phi) is 4.47. The average molecular weight is 279 g/mol. The van der Waals surface area contributed by atoms with Crippen molar-refractivity contribution in [3.05, 3.63) is 47.2 Å². The minimum atomic E-state index is 0.542. The normalized spacial score (nSPS) is 10.1. The van der Waals surface area contributed by atoms with Crippen LogP contribution in [0.1, 0.15) is 5.56 Å². The van der Waals surface area contributed by atoms with E-state index in [1.54, 1.807) is 38.7 Å².